The predicted molar refractivity (Wildman–Crippen MR) is 79.2 cm³/mol. The molecule has 2 aromatic rings. The lowest BCUT2D eigenvalue weighted by atomic mass is 10.4. The summed E-state index contributed by atoms with van der Waals surface area (Å²) in [6.45, 7) is -0.799. The molecule has 0 aliphatic rings. The molecule has 0 N–H and O–H groups in total. The fourth-order valence-corrected chi connectivity index (χ4v) is 3.43. The van der Waals surface area contributed by atoms with E-state index in [0.717, 1.165) is 0 Å². The predicted octanol–water partition coefficient (Wildman–Crippen LogP) is 1.80. The van der Waals surface area contributed by atoms with Crippen molar-refractivity contribution < 1.29 is 25.2 Å². The molecular formula is C14H14O6S2. The SMILES string of the molecule is O=S(=O)(OCCOS(=O)(=O)c1ccccc1)c1ccccc1. The molecule has 22 heavy (non-hydrogen) atoms. The van der Waals surface area contributed by atoms with Crippen LogP contribution in [0.4, 0.5) is 0 Å². The van der Waals surface area contributed by atoms with E-state index in [1.54, 1.807) is 36.4 Å². The average Bonchev–Trinajstić information content (AvgIpc) is 2.53. The van der Waals surface area contributed by atoms with Gasteiger partial charge in [-0.3, -0.25) is 8.37 Å². The Labute approximate surface area is 129 Å². The minimum absolute atomic E-state index is 0.000849. The van der Waals surface area contributed by atoms with Gasteiger partial charge in [0.15, 0.2) is 0 Å². The molecule has 0 atom stereocenters. The van der Waals surface area contributed by atoms with Gasteiger partial charge in [0, 0.05) is 0 Å². The average molecular weight is 342 g/mol. The molecule has 0 saturated heterocycles. The molecule has 2 rings (SSSR count). The normalized spacial score (nSPS) is 12.2. The lowest BCUT2D eigenvalue weighted by Gasteiger charge is -2.07. The molecule has 2 aromatic carbocycles. The van der Waals surface area contributed by atoms with Crippen LogP contribution >= 0.6 is 0 Å². The molecule has 0 aromatic heterocycles. The highest BCUT2D eigenvalue weighted by Crippen LogP contribution is 2.13. The van der Waals surface area contributed by atoms with Gasteiger partial charge in [-0.15, -0.1) is 0 Å². The highest BCUT2D eigenvalue weighted by molar-refractivity contribution is 7.87. The molecule has 0 heterocycles. The van der Waals surface area contributed by atoms with Gasteiger partial charge >= 0.3 is 0 Å². The van der Waals surface area contributed by atoms with Gasteiger partial charge in [-0.25, -0.2) is 0 Å². The summed E-state index contributed by atoms with van der Waals surface area (Å²) in [5, 5.41) is 0. The molecule has 0 unspecified atom stereocenters. The third kappa shape index (κ3) is 4.38. The van der Waals surface area contributed by atoms with Crippen molar-refractivity contribution in [2.24, 2.45) is 0 Å². The summed E-state index contributed by atoms with van der Waals surface area (Å²) >= 11 is 0. The molecule has 0 radical (unpaired) electrons. The lowest BCUT2D eigenvalue weighted by molar-refractivity contribution is 0.224. The van der Waals surface area contributed by atoms with Crippen LogP contribution in [0, 0.1) is 0 Å². The summed E-state index contributed by atoms with van der Waals surface area (Å²) in [7, 11) is -7.83. The number of hydrogen-bond acceptors (Lipinski definition) is 6. The summed E-state index contributed by atoms with van der Waals surface area (Å²) in [5.74, 6) is 0. The molecule has 0 saturated carbocycles. The smallest absolute Gasteiger partial charge is 0.264 e. The first kappa shape index (κ1) is 16.6. The van der Waals surface area contributed by atoms with Crippen molar-refractivity contribution in [3.63, 3.8) is 0 Å². The minimum Gasteiger partial charge on any atom is -0.264 e. The molecule has 0 spiro atoms. The zero-order valence-corrected chi connectivity index (χ0v) is 13.1. The van der Waals surface area contributed by atoms with Gasteiger partial charge in [-0.05, 0) is 24.3 Å². The first-order chi connectivity index (χ1) is 10.4. The molecule has 6 nitrogen and oxygen atoms in total. The zero-order valence-electron chi connectivity index (χ0n) is 11.5. The summed E-state index contributed by atoms with van der Waals surface area (Å²) < 4.78 is 56.7. The van der Waals surface area contributed by atoms with Gasteiger partial charge in [-0.1, -0.05) is 36.4 Å². The van der Waals surface area contributed by atoms with E-state index in [0.29, 0.717) is 0 Å². The second kappa shape index (κ2) is 7.01. The van der Waals surface area contributed by atoms with Crippen LogP contribution in [0.25, 0.3) is 0 Å². The van der Waals surface area contributed by atoms with Crippen molar-refractivity contribution in [3.8, 4) is 0 Å². The van der Waals surface area contributed by atoms with Crippen LogP contribution in [0.15, 0.2) is 70.5 Å². The quantitative estimate of drug-likeness (QED) is 0.563. The molecular weight excluding hydrogens is 328 g/mol. The van der Waals surface area contributed by atoms with Crippen LogP contribution in [0.1, 0.15) is 0 Å². The van der Waals surface area contributed by atoms with Crippen LogP contribution in [0.3, 0.4) is 0 Å². The Hall–Kier alpha value is -1.74. The van der Waals surface area contributed by atoms with E-state index >= 15 is 0 Å². The van der Waals surface area contributed by atoms with Crippen LogP contribution in [0.5, 0.6) is 0 Å². The number of benzene rings is 2. The Bertz CT molecular complexity index is 727. The third-order valence-corrected chi connectivity index (χ3v) is 5.28. The van der Waals surface area contributed by atoms with Gasteiger partial charge in [-0.2, -0.15) is 16.8 Å². The van der Waals surface area contributed by atoms with Crippen molar-refractivity contribution in [2.45, 2.75) is 9.79 Å². The molecule has 0 aliphatic heterocycles. The minimum atomic E-state index is -3.92. The number of hydrogen-bond donors (Lipinski definition) is 0. The van der Waals surface area contributed by atoms with Crippen molar-refractivity contribution in [2.75, 3.05) is 13.2 Å². The molecule has 0 aliphatic carbocycles. The van der Waals surface area contributed by atoms with Crippen LogP contribution in [0.2, 0.25) is 0 Å². The molecule has 118 valence electrons. The maximum Gasteiger partial charge on any atom is 0.297 e. The van der Waals surface area contributed by atoms with E-state index in [4.69, 9.17) is 8.37 Å². The Balaban J connectivity index is 1.90. The summed E-state index contributed by atoms with van der Waals surface area (Å²) in [6, 6.07) is 15.1. The van der Waals surface area contributed by atoms with Crippen molar-refractivity contribution in [1.29, 1.82) is 0 Å². The van der Waals surface area contributed by atoms with E-state index < -0.39 is 33.5 Å². The topological polar surface area (TPSA) is 86.7 Å². The second-order valence-electron chi connectivity index (χ2n) is 4.18. The highest BCUT2D eigenvalue weighted by atomic mass is 32.2. The van der Waals surface area contributed by atoms with E-state index in [1.165, 1.54) is 24.3 Å². The van der Waals surface area contributed by atoms with Gasteiger partial charge in [0.2, 0.25) is 0 Å². The monoisotopic (exact) mass is 342 g/mol. The standard InChI is InChI=1S/C14H14O6S2/c15-21(16,13-7-3-1-4-8-13)19-11-12-20-22(17,18)14-9-5-2-6-10-14/h1-10H,11-12H2. The summed E-state index contributed by atoms with van der Waals surface area (Å²) in [5.41, 5.74) is 0. The molecule has 8 heteroatoms. The van der Waals surface area contributed by atoms with Gasteiger partial charge in [0.1, 0.15) is 0 Å². The Kier molecular flexibility index (Phi) is 5.30. The first-order valence-electron chi connectivity index (χ1n) is 6.31. The maximum absolute atomic E-state index is 11.8. The maximum atomic E-state index is 11.8. The Morgan fingerprint density at radius 2 is 0.909 bits per heavy atom. The second-order valence-corrected chi connectivity index (χ2v) is 7.41. The van der Waals surface area contributed by atoms with E-state index in [9.17, 15) is 16.8 Å². The van der Waals surface area contributed by atoms with Crippen LogP contribution < -0.4 is 0 Å². The fourth-order valence-electron chi connectivity index (χ4n) is 1.60. The summed E-state index contributed by atoms with van der Waals surface area (Å²) in [6.07, 6.45) is 0. The third-order valence-electron chi connectivity index (χ3n) is 2.62. The molecule has 0 bridgehead atoms. The van der Waals surface area contributed by atoms with Crippen molar-refractivity contribution >= 4 is 20.2 Å². The first-order valence-corrected chi connectivity index (χ1v) is 9.12. The fraction of sp³-hybridized carbons (Fsp3) is 0.143. The van der Waals surface area contributed by atoms with E-state index in [-0.39, 0.29) is 9.79 Å². The highest BCUT2D eigenvalue weighted by Gasteiger charge is 2.17. The van der Waals surface area contributed by atoms with Crippen molar-refractivity contribution in [1.82, 2.24) is 0 Å². The largest absolute Gasteiger partial charge is 0.297 e. The van der Waals surface area contributed by atoms with E-state index in [2.05, 4.69) is 0 Å². The lowest BCUT2D eigenvalue weighted by Crippen LogP contribution is -2.15. The van der Waals surface area contributed by atoms with Crippen LogP contribution in [-0.4, -0.2) is 30.0 Å². The van der Waals surface area contributed by atoms with Gasteiger partial charge in [0.05, 0.1) is 23.0 Å². The Morgan fingerprint density at radius 3 is 1.23 bits per heavy atom. The number of rotatable bonds is 7. The molecule has 0 fully saturated rings. The van der Waals surface area contributed by atoms with Gasteiger partial charge in [0.25, 0.3) is 20.2 Å². The van der Waals surface area contributed by atoms with Crippen LogP contribution in [-0.2, 0) is 28.6 Å². The molecule has 0 amide bonds. The van der Waals surface area contributed by atoms with Gasteiger partial charge < -0.3 is 0 Å². The van der Waals surface area contributed by atoms with Crippen molar-refractivity contribution in [3.05, 3.63) is 60.7 Å². The van der Waals surface area contributed by atoms with E-state index in [1.807, 2.05) is 0 Å². The summed E-state index contributed by atoms with van der Waals surface area (Å²) in [4.78, 5) is 0.00170. The Morgan fingerprint density at radius 1 is 0.591 bits per heavy atom. The zero-order chi connectivity index (χ0) is 16.1.